The van der Waals surface area contributed by atoms with Gasteiger partial charge >= 0.3 is 0 Å². The average Bonchev–Trinajstić information content (AvgIpc) is 3.29. The Morgan fingerprint density at radius 1 is 1.33 bits per heavy atom. The van der Waals surface area contributed by atoms with Crippen LogP contribution in [-0.2, 0) is 25.8 Å². The first-order valence-corrected chi connectivity index (χ1v) is 10.4. The van der Waals surface area contributed by atoms with Crippen molar-refractivity contribution in [1.29, 1.82) is 0 Å². The molecule has 27 heavy (non-hydrogen) atoms. The van der Waals surface area contributed by atoms with Crippen molar-refractivity contribution in [3.63, 3.8) is 0 Å². The van der Waals surface area contributed by atoms with Crippen LogP contribution in [0.1, 0.15) is 24.1 Å². The van der Waals surface area contributed by atoms with Gasteiger partial charge in [-0.2, -0.15) is 22.0 Å². The van der Waals surface area contributed by atoms with Gasteiger partial charge in [0, 0.05) is 31.8 Å². The first kappa shape index (κ1) is 16.7. The number of thioether (sulfide) groups is 1. The van der Waals surface area contributed by atoms with E-state index in [1.54, 1.807) is 21.8 Å². The Labute approximate surface area is 160 Å². The highest BCUT2D eigenvalue weighted by molar-refractivity contribution is 7.98. The topological polar surface area (TPSA) is 81.7 Å². The van der Waals surface area contributed by atoms with E-state index in [1.807, 2.05) is 25.0 Å². The molecule has 8 nitrogen and oxygen atoms in total. The van der Waals surface area contributed by atoms with Crippen LogP contribution in [0.25, 0.3) is 11.0 Å². The summed E-state index contributed by atoms with van der Waals surface area (Å²) in [5, 5.41) is 9.96. The summed E-state index contributed by atoms with van der Waals surface area (Å²) in [5.74, 6) is 2.87. The number of hydrogen-bond donors (Lipinski definition) is 0. The molecule has 3 aromatic rings. The second-order valence-corrected chi connectivity index (χ2v) is 8.24. The number of aryl methyl sites for hydroxylation is 2. The third kappa shape index (κ3) is 2.90. The zero-order chi connectivity index (χ0) is 18.4. The summed E-state index contributed by atoms with van der Waals surface area (Å²) < 4.78 is 3.42. The molecule has 1 saturated heterocycles. The molecule has 0 aromatic carbocycles. The van der Waals surface area contributed by atoms with Crippen molar-refractivity contribution in [2.45, 2.75) is 37.6 Å². The van der Waals surface area contributed by atoms with Gasteiger partial charge in [-0.05, 0) is 24.2 Å². The van der Waals surface area contributed by atoms with Crippen LogP contribution in [0.3, 0.4) is 0 Å². The third-order valence-corrected chi connectivity index (χ3v) is 6.45. The minimum absolute atomic E-state index is 0.00249. The standard InChI is InChI=1S/C18H21N7OS/c1-23-17-14(8-21-23)18(20-11-19-17)24-5-2-3-13(24)9-25-16(26)7-12-10-27-6-4-15(12)22-25/h7-8,11,13H,2-6,9-10H2,1H3. The molecule has 0 amide bonds. The number of hydrogen-bond acceptors (Lipinski definition) is 7. The Hall–Kier alpha value is -2.42. The maximum atomic E-state index is 12.6. The van der Waals surface area contributed by atoms with Crippen molar-refractivity contribution >= 4 is 28.6 Å². The molecule has 140 valence electrons. The molecule has 9 heteroatoms. The maximum Gasteiger partial charge on any atom is 0.267 e. The third-order valence-electron chi connectivity index (χ3n) is 5.45. The number of anilines is 1. The van der Waals surface area contributed by atoms with Crippen molar-refractivity contribution in [2.75, 3.05) is 17.2 Å². The van der Waals surface area contributed by atoms with E-state index in [0.29, 0.717) is 6.54 Å². The minimum Gasteiger partial charge on any atom is -0.351 e. The maximum absolute atomic E-state index is 12.6. The number of nitrogens with zero attached hydrogens (tertiary/aromatic N) is 7. The molecule has 0 bridgehead atoms. The molecule has 0 saturated carbocycles. The monoisotopic (exact) mass is 383 g/mol. The molecule has 5 heterocycles. The lowest BCUT2D eigenvalue weighted by atomic mass is 10.2. The van der Waals surface area contributed by atoms with Crippen LogP contribution in [0.2, 0.25) is 0 Å². The van der Waals surface area contributed by atoms with Gasteiger partial charge in [0.2, 0.25) is 0 Å². The van der Waals surface area contributed by atoms with Crippen LogP contribution in [-0.4, -0.2) is 47.9 Å². The lowest BCUT2D eigenvalue weighted by Gasteiger charge is -2.26. The number of fused-ring (bicyclic) bond motifs is 2. The molecule has 1 unspecified atom stereocenters. The van der Waals surface area contributed by atoms with Crippen molar-refractivity contribution in [3.8, 4) is 0 Å². The highest BCUT2D eigenvalue weighted by Gasteiger charge is 2.29. The fourth-order valence-corrected chi connectivity index (χ4v) is 5.02. The zero-order valence-corrected chi connectivity index (χ0v) is 16.0. The van der Waals surface area contributed by atoms with Gasteiger partial charge in [-0.3, -0.25) is 9.48 Å². The molecule has 1 fully saturated rings. The van der Waals surface area contributed by atoms with E-state index in [-0.39, 0.29) is 11.6 Å². The van der Waals surface area contributed by atoms with Crippen molar-refractivity contribution in [2.24, 2.45) is 7.05 Å². The lowest BCUT2D eigenvalue weighted by molar-refractivity contribution is 0.480. The van der Waals surface area contributed by atoms with Gasteiger partial charge in [-0.15, -0.1) is 0 Å². The molecule has 0 radical (unpaired) electrons. The molecular weight excluding hydrogens is 362 g/mol. The number of aromatic nitrogens is 6. The van der Waals surface area contributed by atoms with Gasteiger partial charge in [0.05, 0.1) is 29.9 Å². The molecule has 2 aliphatic rings. The molecule has 0 spiro atoms. The molecular formula is C18H21N7OS. The van der Waals surface area contributed by atoms with Crippen LogP contribution < -0.4 is 10.5 Å². The fraction of sp³-hybridized carbons (Fsp3) is 0.500. The highest BCUT2D eigenvalue weighted by Crippen LogP contribution is 2.30. The average molecular weight is 383 g/mol. The van der Waals surface area contributed by atoms with Crippen LogP contribution >= 0.6 is 11.8 Å². The Bertz CT molecular complexity index is 1060. The van der Waals surface area contributed by atoms with Gasteiger partial charge in [-0.1, -0.05) is 0 Å². The van der Waals surface area contributed by atoms with E-state index in [1.165, 1.54) is 0 Å². The Morgan fingerprint density at radius 3 is 3.19 bits per heavy atom. The normalized spacial score (nSPS) is 19.6. The zero-order valence-electron chi connectivity index (χ0n) is 15.2. The van der Waals surface area contributed by atoms with Gasteiger partial charge in [0.15, 0.2) is 5.65 Å². The van der Waals surface area contributed by atoms with E-state index in [0.717, 1.165) is 65.4 Å². The summed E-state index contributed by atoms with van der Waals surface area (Å²) in [7, 11) is 1.88. The molecule has 0 N–H and O–H groups in total. The van der Waals surface area contributed by atoms with Crippen LogP contribution in [0, 0.1) is 0 Å². The van der Waals surface area contributed by atoms with Crippen LogP contribution in [0.4, 0.5) is 5.82 Å². The Kier molecular flexibility index (Phi) is 4.11. The SMILES string of the molecule is Cn1ncc2c(N3CCCC3Cn3nc4c(cc3=O)CSCC4)ncnc21. The summed E-state index contributed by atoms with van der Waals surface area (Å²) in [6.45, 7) is 1.51. The predicted octanol–water partition coefficient (Wildman–Crippen LogP) is 1.38. The highest BCUT2D eigenvalue weighted by atomic mass is 32.2. The quantitative estimate of drug-likeness (QED) is 0.676. The van der Waals surface area contributed by atoms with Crippen molar-refractivity contribution in [3.05, 3.63) is 40.2 Å². The summed E-state index contributed by atoms with van der Waals surface area (Å²) >= 11 is 1.87. The minimum atomic E-state index is -0.00249. The summed E-state index contributed by atoms with van der Waals surface area (Å²) in [6, 6.07) is 1.97. The van der Waals surface area contributed by atoms with Gasteiger partial charge in [0.1, 0.15) is 12.1 Å². The summed E-state index contributed by atoms with van der Waals surface area (Å²) in [6.07, 6.45) is 6.45. The largest absolute Gasteiger partial charge is 0.351 e. The van der Waals surface area contributed by atoms with Crippen molar-refractivity contribution in [1.82, 2.24) is 29.5 Å². The van der Waals surface area contributed by atoms with E-state index in [9.17, 15) is 4.79 Å². The molecule has 0 aliphatic carbocycles. The second-order valence-electron chi connectivity index (χ2n) is 7.13. The lowest BCUT2D eigenvalue weighted by Crippen LogP contribution is -2.38. The molecule has 2 aliphatic heterocycles. The summed E-state index contributed by atoms with van der Waals surface area (Å²) in [4.78, 5) is 23.7. The van der Waals surface area contributed by atoms with Crippen LogP contribution in [0.5, 0.6) is 0 Å². The van der Waals surface area contributed by atoms with E-state index >= 15 is 0 Å². The predicted molar refractivity (Wildman–Crippen MR) is 105 cm³/mol. The smallest absolute Gasteiger partial charge is 0.267 e. The second kappa shape index (κ2) is 6.63. The van der Waals surface area contributed by atoms with Gasteiger partial charge in [0.25, 0.3) is 5.56 Å². The summed E-state index contributed by atoms with van der Waals surface area (Å²) in [5.41, 5.74) is 3.00. The van der Waals surface area contributed by atoms with E-state index in [4.69, 9.17) is 0 Å². The molecule has 5 rings (SSSR count). The molecule has 1 atom stereocenters. The van der Waals surface area contributed by atoms with Crippen LogP contribution in [0.15, 0.2) is 23.4 Å². The Balaban J connectivity index is 1.48. The molecule has 3 aromatic heterocycles. The van der Waals surface area contributed by atoms with Crippen molar-refractivity contribution < 1.29 is 0 Å². The fourth-order valence-electron chi connectivity index (χ4n) is 4.07. The first-order chi connectivity index (χ1) is 13.2. The van der Waals surface area contributed by atoms with E-state index in [2.05, 4.69) is 25.1 Å². The Morgan fingerprint density at radius 2 is 2.26 bits per heavy atom. The number of rotatable bonds is 3. The van der Waals surface area contributed by atoms with Gasteiger partial charge in [-0.25, -0.2) is 14.6 Å². The first-order valence-electron chi connectivity index (χ1n) is 9.28. The van der Waals surface area contributed by atoms with E-state index < -0.39 is 0 Å². The van der Waals surface area contributed by atoms with Gasteiger partial charge < -0.3 is 4.90 Å².